The number of carbonyl (C=O) groups excluding carboxylic acids is 2. The lowest BCUT2D eigenvalue weighted by Crippen LogP contribution is -2.44. The number of piperidine rings is 1. The summed E-state index contributed by atoms with van der Waals surface area (Å²) < 4.78 is 38.2. The Morgan fingerprint density at radius 1 is 0.844 bits per heavy atom. The van der Waals surface area contributed by atoms with Crippen molar-refractivity contribution in [2.45, 2.75) is 31.5 Å². The zero-order valence-electron chi connectivity index (χ0n) is 17.6. The zero-order valence-corrected chi connectivity index (χ0v) is 17.6. The first-order valence-electron chi connectivity index (χ1n) is 10.9. The van der Waals surface area contributed by atoms with Crippen LogP contribution in [0.5, 0.6) is 0 Å². The quantitative estimate of drug-likeness (QED) is 0.765. The van der Waals surface area contributed by atoms with Crippen molar-refractivity contribution in [3.63, 3.8) is 0 Å². The van der Waals surface area contributed by atoms with Gasteiger partial charge in [-0.05, 0) is 55.7 Å². The van der Waals surface area contributed by atoms with Gasteiger partial charge < -0.3 is 15.1 Å². The van der Waals surface area contributed by atoms with E-state index in [4.69, 9.17) is 0 Å². The van der Waals surface area contributed by atoms with Gasteiger partial charge in [0.15, 0.2) is 0 Å². The summed E-state index contributed by atoms with van der Waals surface area (Å²) in [6.45, 7) is 2.23. The predicted octanol–water partition coefficient (Wildman–Crippen LogP) is 4.27. The molecule has 2 heterocycles. The van der Waals surface area contributed by atoms with Crippen LogP contribution < -0.4 is 5.32 Å². The Bertz CT molecular complexity index is 939. The molecule has 5 nitrogen and oxygen atoms in total. The van der Waals surface area contributed by atoms with Crippen LogP contribution in [-0.2, 0) is 11.0 Å². The number of carbonyl (C=O) groups is 2. The van der Waals surface area contributed by atoms with Crippen molar-refractivity contribution in [2.24, 2.45) is 5.92 Å². The molecule has 0 spiro atoms. The Labute approximate surface area is 185 Å². The maximum Gasteiger partial charge on any atom is 0.416 e. The fourth-order valence-electron chi connectivity index (χ4n) is 4.42. The van der Waals surface area contributed by atoms with Crippen LogP contribution >= 0.6 is 0 Å². The number of alkyl halides is 3. The number of rotatable bonds is 4. The van der Waals surface area contributed by atoms with E-state index in [1.807, 2.05) is 35.2 Å². The lowest BCUT2D eigenvalue weighted by Gasteiger charge is -2.33. The van der Waals surface area contributed by atoms with E-state index in [-0.39, 0.29) is 29.3 Å². The molecule has 0 radical (unpaired) electrons. The maximum absolute atomic E-state index is 13.0. The molecule has 0 bridgehead atoms. The van der Waals surface area contributed by atoms with E-state index in [1.54, 1.807) is 4.90 Å². The van der Waals surface area contributed by atoms with Gasteiger partial charge in [0.2, 0.25) is 5.91 Å². The van der Waals surface area contributed by atoms with E-state index < -0.39 is 11.7 Å². The molecule has 0 saturated carbocycles. The first kappa shape index (κ1) is 22.2. The smallest absolute Gasteiger partial charge is 0.380 e. The number of hydrogen-bond acceptors (Lipinski definition) is 3. The van der Waals surface area contributed by atoms with Crippen molar-refractivity contribution < 1.29 is 22.8 Å². The summed E-state index contributed by atoms with van der Waals surface area (Å²) in [5, 5.41) is 3.46. The minimum atomic E-state index is -4.43. The number of anilines is 1. The zero-order chi connectivity index (χ0) is 22.7. The molecule has 32 heavy (non-hydrogen) atoms. The molecule has 0 aliphatic carbocycles. The molecule has 1 atom stereocenters. The SMILES string of the molecule is O=C(c1ccc(C(F)(F)F)cc1)N1CCC(C(=O)N2CCC(Nc3ccccc3)C2)CC1. The minimum Gasteiger partial charge on any atom is -0.380 e. The van der Waals surface area contributed by atoms with E-state index in [9.17, 15) is 22.8 Å². The number of likely N-dealkylation sites (tertiary alicyclic amines) is 2. The van der Waals surface area contributed by atoms with Crippen molar-refractivity contribution in [2.75, 3.05) is 31.5 Å². The Morgan fingerprint density at radius 3 is 2.09 bits per heavy atom. The van der Waals surface area contributed by atoms with E-state index in [0.29, 0.717) is 39.0 Å². The lowest BCUT2D eigenvalue weighted by atomic mass is 9.94. The van der Waals surface area contributed by atoms with Crippen molar-refractivity contribution in [3.8, 4) is 0 Å². The highest BCUT2D eigenvalue weighted by molar-refractivity contribution is 5.94. The average Bonchev–Trinajstić information content (AvgIpc) is 3.27. The van der Waals surface area contributed by atoms with Crippen LogP contribution in [0.15, 0.2) is 54.6 Å². The molecular formula is C24H26F3N3O2. The van der Waals surface area contributed by atoms with Crippen LogP contribution in [0.4, 0.5) is 18.9 Å². The van der Waals surface area contributed by atoms with E-state index in [1.165, 1.54) is 12.1 Å². The molecule has 2 amide bonds. The third kappa shape index (κ3) is 5.06. The van der Waals surface area contributed by atoms with Crippen molar-refractivity contribution in [1.29, 1.82) is 0 Å². The first-order chi connectivity index (χ1) is 15.3. The average molecular weight is 445 g/mol. The van der Waals surface area contributed by atoms with Gasteiger partial charge in [0.1, 0.15) is 0 Å². The molecule has 2 fully saturated rings. The van der Waals surface area contributed by atoms with Gasteiger partial charge in [-0.3, -0.25) is 9.59 Å². The Kier molecular flexibility index (Phi) is 6.39. The fourth-order valence-corrected chi connectivity index (χ4v) is 4.42. The second-order valence-electron chi connectivity index (χ2n) is 8.42. The summed E-state index contributed by atoms with van der Waals surface area (Å²) in [5.74, 6) is -0.288. The highest BCUT2D eigenvalue weighted by Crippen LogP contribution is 2.30. The standard InChI is InChI=1S/C24H26F3N3O2/c25-24(26,27)19-8-6-17(7-9-19)22(31)29-13-10-18(11-14-29)23(32)30-15-12-21(16-30)28-20-4-2-1-3-5-20/h1-9,18,21,28H,10-16H2. The van der Waals surface area contributed by atoms with E-state index in [0.717, 1.165) is 24.2 Å². The number of amides is 2. The molecule has 170 valence electrons. The van der Waals surface area contributed by atoms with Crippen molar-refractivity contribution in [1.82, 2.24) is 9.80 Å². The second-order valence-corrected chi connectivity index (χ2v) is 8.42. The number of benzene rings is 2. The minimum absolute atomic E-state index is 0.123. The van der Waals surface area contributed by atoms with Crippen LogP contribution in [0.2, 0.25) is 0 Å². The first-order valence-corrected chi connectivity index (χ1v) is 10.9. The summed E-state index contributed by atoms with van der Waals surface area (Å²) in [4.78, 5) is 29.1. The monoisotopic (exact) mass is 445 g/mol. The fraction of sp³-hybridized carbons (Fsp3) is 0.417. The van der Waals surface area contributed by atoms with Crippen molar-refractivity contribution in [3.05, 3.63) is 65.7 Å². The third-order valence-electron chi connectivity index (χ3n) is 6.24. The Morgan fingerprint density at radius 2 is 1.47 bits per heavy atom. The van der Waals surface area contributed by atoms with Crippen LogP contribution in [0, 0.1) is 5.92 Å². The topological polar surface area (TPSA) is 52.7 Å². The predicted molar refractivity (Wildman–Crippen MR) is 115 cm³/mol. The van der Waals surface area contributed by atoms with Gasteiger partial charge >= 0.3 is 6.18 Å². The van der Waals surface area contributed by atoms with Gasteiger partial charge in [-0.1, -0.05) is 18.2 Å². The number of halogens is 3. The highest BCUT2D eigenvalue weighted by atomic mass is 19.4. The summed E-state index contributed by atoms with van der Waals surface area (Å²) >= 11 is 0. The number of hydrogen-bond donors (Lipinski definition) is 1. The van der Waals surface area contributed by atoms with Gasteiger partial charge in [-0.15, -0.1) is 0 Å². The van der Waals surface area contributed by atoms with Crippen LogP contribution in [-0.4, -0.2) is 53.8 Å². The largest absolute Gasteiger partial charge is 0.416 e. The van der Waals surface area contributed by atoms with Gasteiger partial charge in [0, 0.05) is 49.4 Å². The molecule has 1 unspecified atom stereocenters. The van der Waals surface area contributed by atoms with Crippen LogP contribution in [0.1, 0.15) is 35.2 Å². The van der Waals surface area contributed by atoms with Crippen molar-refractivity contribution >= 4 is 17.5 Å². The Balaban J connectivity index is 1.27. The molecule has 4 rings (SSSR count). The Hall–Kier alpha value is -3.03. The third-order valence-corrected chi connectivity index (χ3v) is 6.24. The summed E-state index contributed by atoms with van der Waals surface area (Å²) in [6, 6.07) is 14.4. The molecule has 2 aromatic carbocycles. The summed E-state index contributed by atoms with van der Waals surface area (Å²) in [5.41, 5.74) is 0.503. The second kappa shape index (κ2) is 9.22. The van der Waals surface area contributed by atoms with E-state index in [2.05, 4.69) is 5.32 Å². The normalized spacial score (nSPS) is 19.8. The molecule has 1 N–H and O–H groups in total. The van der Waals surface area contributed by atoms with Gasteiger partial charge in [-0.2, -0.15) is 13.2 Å². The van der Waals surface area contributed by atoms with Gasteiger partial charge in [0.05, 0.1) is 5.56 Å². The molecule has 2 saturated heterocycles. The van der Waals surface area contributed by atoms with Gasteiger partial charge in [0.25, 0.3) is 5.91 Å². The van der Waals surface area contributed by atoms with Gasteiger partial charge in [-0.25, -0.2) is 0 Å². The highest BCUT2D eigenvalue weighted by Gasteiger charge is 2.34. The number of nitrogens with zero attached hydrogens (tertiary/aromatic N) is 2. The molecular weight excluding hydrogens is 419 g/mol. The van der Waals surface area contributed by atoms with Crippen LogP contribution in [0.3, 0.4) is 0 Å². The maximum atomic E-state index is 13.0. The number of nitrogens with one attached hydrogen (secondary N) is 1. The lowest BCUT2D eigenvalue weighted by molar-refractivity contribution is -0.137. The molecule has 2 aliphatic rings. The molecule has 2 aromatic rings. The molecule has 2 aliphatic heterocycles. The molecule has 0 aromatic heterocycles. The number of para-hydroxylation sites is 1. The summed E-state index contributed by atoms with van der Waals surface area (Å²) in [7, 11) is 0. The van der Waals surface area contributed by atoms with E-state index >= 15 is 0 Å². The van der Waals surface area contributed by atoms with Crippen LogP contribution in [0.25, 0.3) is 0 Å². The molecule has 8 heteroatoms. The summed E-state index contributed by atoms with van der Waals surface area (Å²) in [6.07, 6.45) is -2.39.